The molecule has 0 saturated heterocycles. The Morgan fingerprint density at radius 1 is 1.38 bits per heavy atom. The zero-order chi connectivity index (χ0) is 15.8. The molecular formula is C13H19NO3S4. The Labute approximate surface area is 142 Å². The standard InChI is InChI=1S/C13H19NO3S4/c1-3-19-11(20-4-2)8-9-12(17)14(13(18)21-9)7-5-6-10(15)16/h8,17H,3-7H2,1-2H3,(H,15,16). The van der Waals surface area contributed by atoms with Crippen LogP contribution in [0.25, 0.3) is 6.08 Å². The lowest BCUT2D eigenvalue weighted by molar-refractivity contribution is -0.137. The van der Waals surface area contributed by atoms with E-state index in [2.05, 4.69) is 13.8 Å². The molecule has 0 radical (unpaired) electrons. The molecule has 1 aromatic heterocycles. The molecule has 1 heterocycles. The maximum atomic E-state index is 10.5. The van der Waals surface area contributed by atoms with Gasteiger partial charge < -0.3 is 10.2 Å². The van der Waals surface area contributed by atoms with Crippen LogP contribution >= 0.6 is 47.1 Å². The Morgan fingerprint density at radius 2 is 2.00 bits per heavy atom. The van der Waals surface area contributed by atoms with Gasteiger partial charge >= 0.3 is 5.97 Å². The SMILES string of the molecule is CCSC(=Cc1sc(=S)n(CCCC(=O)O)c1O)SCC. The molecule has 0 aliphatic carbocycles. The molecule has 2 N–H and O–H groups in total. The quantitative estimate of drug-likeness (QED) is 0.621. The van der Waals surface area contributed by atoms with Gasteiger partial charge in [-0.2, -0.15) is 0 Å². The van der Waals surface area contributed by atoms with E-state index >= 15 is 0 Å². The minimum absolute atomic E-state index is 0.0743. The van der Waals surface area contributed by atoms with Crippen LogP contribution in [-0.2, 0) is 11.3 Å². The number of hydrogen-bond acceptors (Lipinski definition) is 6. The first-order chi connectivity index (χ1) is 9.99. The fourth-order valence-corrected chi connectivity index (χ4v) is 5.07. The number of hydrogen-bond donors (Lipinski definition) is 2. The lowest BCUT2D eigenvalue weighted by Gasteiger charge is -2.04. The lowest BCUT2D eigenvalue weighted by atomic mass is 10.3. The molecule has 0 bridgehead atoms. The molecule has 0 amide bonds. The van der Waals surface area contributed by atoms with Gasteiger partial charge in [-0.15, -0.1) is 34.9 Å². The van der Waals surface area contributed by atoms with Gasteiger partial charge in [0, 0.05) is 17.2 Å². The number of nitrogens with zero attached hydrogens (tertiary/aromatic N) is 1. The summed E-state index contributed by atoms with van der Waals surface area (Å²) >= 11 is 10.1. The minimum atomic E-state index is -0.836. The maximum Gasteiger partial charge on any atom is 0.303 e. The Balaban J connectivity index is 2.92. The van der Waals surface area contributed by atoms with Gasteiger partial charge in [0.25, 0.3) is 0 Å². The molecule has 0 aliphatic heterocycles. The summed E-state index contributed by atoms with van der Waals surface area (Å²) in [4.78, 5) is 11.3. The number of aromatic nitrogens is 1. The van der Waals surface area contributed by atoms with Crippen LogP contribution in [0.2, 0.25) is 0 Å². The van der Waals surface area contributed by atoms with E-state index in [1.54, 1.807) is 28.1 Å². The number of carboxylic acid groups (broad SMARTS) is 1. The summed E-state index contributed by atoms with van der Waals surface area (Å²) in [5.41, 5.74) is 0. The van der Waals surface area contributed by atoms with Crippen molar-refractivity contribution in [2.75, 3.05) is 11.5 Å². The van der Waals surface area contributed by atoms with Crippen LogP contribution in [0.5, 0.6) is 5.88 Å². The van der Waals surface area contributed by atoms with Gasteiger partial charge in [0.15, 0.2) is 3.95 Å². The number of aromatic hydroxyl groups is 1. The first-order valence-electron chi connectivity index (χ1n) is 6.61. The van der Waals surface area contributed by atoms with Crippen LogP contribution in [0.4, 0.5) is 0 Å². The molecule has 1 rings (SSSR count). The van der Waals surface area contributed by atoms with Gasteiger partial charge in [0.2, 0.25) is 5.88 Å². The number of carboxylic acids is 1. The number of thioether (sulfide) groups is 2. The Kier molecular flexibility index (Phi) is 8.46. The molecule has 118 valence electrons. The Bertz CT molecular complexity index is 554. The van der Waals surface area contributed by atoms with Crippen molar-refractivity contribution in [2.45, 2.75) is 33.2 Å². The molecule has 4 nitrogen and oxygen atoms in total. The van der Waals surface area contributed by atoms with E-state index in [4.69, 9.17) is 17.3 Å². The van der Waals surface area contributed by atoms with E-state index < -0.39 is 5.97 Å². The molecule has 0 fully saturated rings. The Morgan fingerprint density at radius 3 is 2.52 bits per heavy atom. The highest BCUT2D eigenvalue weighted by Crippen LogP contribution is 2.35. The summed E-state index contributed by atoms with van der Waals surface area (Å²) in [6.07, 6.45) is 2.49. The van der Waals surface area contributed by atoms with Crippen LogP contribution < -0.4 is 0 Å². The average Bonchev–Trinajstić information content (AvgIpc) is 2.66. The van der Waals surface area contributed by atoms with Crippen molar-refractivity contribution in [1.82, 2.24) is 4.57 Å². The van der Waals surface area contributed by atoms with Crippen molar-refractivity contribution >= 4 is 59.1 Å². The fraction of sp³-hybridized carbons (Fsp3) is 0.538. The summed E-state index contributed by atoms with van der Waals surface area (Å²) < 4.78 is 3.34. The van der Waals surface area contributed by atoms with E-state index in [1.807, 2.05) is 6.08 Å². The first kappa shape index (κ1) is 18.6. The van der Waals surface area contributed by atoms with Gasteiger partial charge in [-0.1, -0.05) is 13.8 Å². The predicted octanol–water partition coefficient (Wildman–Crippen LogP) is 4.65. The fourth-order valence-electron chi connectivity index (χ4n) is 1.61. The number of thiazole rings is 1. The second kappa shape index (κ2) is 9.55. The van der Waals surface area contributed by atoms with Gasteiger partial charge in [0.05, 0.1) is 4.88 Å². The molecule has 0 aliphatic rings. The van der Waals surface area contributed by atoms with Crippen molar-refractivity contribution in [1.29, 1.82) is 0 Å². The minimum Gasteiger partial charge on any atom is -0.493 e. The molecule has 1 aromatic rings. The summed E-state index contributed by atoms with van der Waals surface area (Å²) in [5, 5.41) is 18.9. The van der Waals surface area contributed by atoms with E-state index in [0.717, 1.165) is 20.6 Å². The molecule has 0 aromatic carbocycles. The van der Waals surface area contributed by atoms with Crippen LogP contribution in [0, 0.1) is 3.95 Å². The Hall–Kier alpha value is -0.440. The average molecular weight is 366 g/mol. The van der Waals surface area contributed by atoms with Gasteiger partial charge in [-0.3, -0.25) is 9.36 Å². The van der Waals surface area contributed by atoms with Crippen LogP contribution in [0.15, 0.2) is 4.24 Å². The molecule has 0 atom stereocenters. The number of aliphatic carboxylic acids is 1. The molecule has 0 unspecified atom stereocenters. The topological polar surface area (TPSA) is 62.5 Å². The van der Waals surface area contributed by atoms with Crippen LogP contribution in [0.1, 0.15) is 31.6 Å². The normalized spacial score (nSPS) is 10.6. The van der Waals surface area contributed by atoms with E-state index in [9.17, 15) is 9.90 Å². The van der Waals surface area contributed by atoms with E-state index in [1.165, 1.54) is 11.3 Å². The zero-order valence-electron chi connectivity index (χ0n) is 12.0. The third kappa shape index (κ3) is 6.06. The molecule has 0 spiro atoms. The highest BCUT2D eigenvalue weighted by molar-refractivity contribution is 8.22. The largest absolute Gasteiger partial charge is 0.493 e. The lowest BCUT2D eigenvalue weighted by Crippen LogP contribution is -2.01. The smallest absolute Gasteiger partial charge is 0.303 e. The first-order valence-corrected chi connectivity index (χ1v) is 9.80. The van der Waals surface area contributed by atoms with Crippen molar-refractivity contribution in [3.8, 4) is 5.88 Å². The molecular weight excluding hydrogens is 346 g/mol. The van der Waals surface area contributed by atoms with Gasteiger partial charge in [-0.05, 0) is 36.2 Å². The van der Waals surface area contributed by atoms with E-state index in [-0.39, 0.29) is 12.3 Å². The van der Waals surface area contributed by atoms with Gasteiger partial charge in [0.1, 0.15) is 0 Å². The van der Waals surface area contributed by atoms with Crippen molar-refractivity contribution in [3.63, 3.8) is 0 Å². The third-order valence-corrected chi connectivity index (χ3v) is 5.96. The molecule has 0 saturated carbocycles. The number of carbonyl (C=O) groups is 1. The highest BCUT2D eigenvalue weighted by Gasteiger charge is 2.11. The van der Waals surface area contributed by atoms with Crippen molar-refractivity contribution < 1.29 is 15.0 Å². The van der Waals surface area contributed by atoms with E-state index in [0.29, 0.717) is 16.9 Å². The molecule has 8 heteroatoms. The summed E-state index contributed by atoms with van der Waals surface area (Å²) in [6.45, 7) is 4.61. The summed E-state index contributed by atoms with van der Waals surface area (Å²) in [7, 11) is 0. The second-order valence-corrected chi connectivity index (χ2v) is 8.58. The summed E-state index contributed by atoms with van der Waals surface area (Å²) in [6, 6.07) is 0. The highest BCUT2D eigenvalue weighted by atomic mass is 32.2. The zero-order valence-corrected chi connectivity index (χ0v) is 15.3. The monoisotopic (exact) mass is 365 g/mol. The van der Waals surface area contributed by atoms with Gasteiger partial charge in [-0.25, -0.2) is 0 Å². The summed E-state index contributed by atoms with van der Waals surface area (Å²) in [5.74, 6) is 1.26. The van der Waals surface area contributed by atoms with Crippen molar-refractivity contribution in [3.05, 3.63) is 13.1 Å². The van der Waals surface area contributed by atoms with Crippen molar-refractivity contribution in [2.24, 2.45) is 0 Å². The predicted molar refractivity (Wildman–Crippen MR) is 95.9 cm³/mol. The second-order valence-electron chi connectivity index (χ2n) is 4.03. The molecule has 21 heavy (non-hydrogen) atoms. The third-order valence-electron chi connectivity index (χ3n) is 2.49. The maximum absolute atomic E-state index is 10.5. The van der Waals surface area contributed by atoms with Crippen LogP contribution in [-0.4, -0.2) is 32.3 Å². The van der Waals surface area contributed by atoms with Crippen LogP contribution in [0.3, 0.4) is 0 Å². The number of rotatable bonds is 9.